The van der Waals surface area contributed by atoms with Gasteiger partial charge in [-0.2, -0.15) is 18.2 Å². The number of benzene rings is 7. The minimum atomic E-state index is -0.444. The number of para-hydroxylation sites is 3. The molecule has 0 amide bonds. The molecule has 0 aliphatic heterocycles. The van der Waals surface area contributed by atoms with Crippen molar-refractivity contribution in [3.05, 3.63) is 198 Å². The van der Waals surface area contributed by atoms with Crippen LogP contribution in [0.1, 0.15) is 112 Å². The second-order valence-electron chi connectivity index (χ2n) is 22.9. The van der Waals surface area contributed by atoms with Crippen molar-refractivity contribution in [3.63, 3.8) is 0 Å². The summed E-state index contributed by atoms with van der Waals surface area (Å²) in [6.07, 6.45) is 6.50. The normalized spacial score (nSPS) is 13.4. The molecule has 0 bridgehead atoms. The summed E-state index contributed by atoms with van der Waals surface area (Å²) < 4.78 is 57.2. The van der Waals surface area contributed by atoms with Crippen molar-refractivity contribution >= 4 is 32.8 Å². The summed E-state index contributed by atoms with van der Waals surface area (Å²) in [5, 5.41) is 2.18. The first-order chi connectivity index (χ1) is 35.3. The van der Waals surface area contributed by atoms with E-state index in [2.05, 4.69) is 161 Å². The van der Waals surface area contributed by atoms with Crippen LogP contribution >= 0.6 is 0 Å². The van der Waals surface area contributed by atoms with E-state index in [1.165, 1.54) is 11.1 Å². The Morgan fingerprint density at radius 2 is 1.25 bits per heavy atom. The summed E-state index contributed by atoms with van der Waals surface area (Å²) in [6.45, 7) is 26.7. The van der Waals surface area contributed by atoms with Gasteiger partial charge >= 0.3 is 0 Å². The molecule has 6 heteroatoms. The van der Waals surface area contributed by atoms with Crippen LogP contribution < -0.4 is 9.30 Å². The zero-order valence-corrected chi connectivity index (χ0v) is 45.1. The number of nitrogens with zero attached hydrogens (tertiary/aromatic N) is 4. The van der Waals surface area contributed by atoms with Gasteiger partial charge in [-0.15, -0.1) is 29.7 Å². The molecule has 0 fully saturated rings. The maximum absolute atomic E-state index is 9.23. The van der Waals surface area contributed by atoms with Crippen LogP contribution in [-0.2, 0) is 43.7 Å². The van der Waals surface area contributed by atoms with E-state index in [9.17, 15) is 2.74 Å². The van der Waals surface area contributed by atoms with Gasteiger partial charge in [-0.25, -0.2) is 4.98 Å². The summed E-state index contributed by atoms with van der Waals surface area (Å²) in [6, 6.07) is 46.7. The van der Waals surface area contributed by atoms with Crippen LogP contribution in [0.4, 0.5) is 0 Å². The Labute approximate surface area is 442 Å². The van der Waals surface area contributed by atoms with Crippen molar-refractivity contribution in [2.24, 2.45) is 5.41 Å². The van der Waals surface area contributed by atoms with E-state index >= 15 is 0 Å². The van der Waals surface area contributed by atoms with Gasteiger partial charge in [-0.05, 0) is 102 Å². The third kappa shape index (κ3) is 9.91. The number of pyridine rings is 1. The smallest absolute Gasteiger partial charge is 0.268 e. The average Bonchev–Trinajstić information content (AvgIpc) is 3.93. The van der Waals surface area contributed by atoms with Gasteiger partial charge in [0.2, 0.25) is 0 Å². The minimum Gasteiger partial charge on any atom is -0.510 e. The fourth-order valence-electron chi connectivity index (χ4n) is 9.40. The molecule has 0 aliphatic carbocycles. The third-order valence-corrected chi connectivity index (χ3v) is 13.1. The third-order valence-electron chi connectivity index (χ3n) is 13.1. The molecular weight excluding hydrogens is 1050 g/mol. The minimum absolute atomic E-state index is 0. The zero-order chi connectivity index (χ0) is 53.7. The monoisotopic (exact) mass is 1120 g/mol. The number of ether oxygens (including phenoxy) is 1. The van der Waals surface area contributed by atoms with E-state index in [0.717, 1.165) is 67.3 Å². The van der Waals surface area contributed by atoms with Gasteiger partial charge in [0.1, 0.15) is 5.82 Å². The van der Waals surface area contributed by atoms with E-state index in [-0.39, 0.29) is 60.4 Å². The molecule has 0 spiro atoms. The summed E-state index contributed by atoms with van der Waals surface area (Å²) in [7, 11) is 0. The number of imidazole rings is 1. The topological polar surface area (TPSA) is 35.9 Å². The second kappa shape index (κ2) is 18.6. The molecule has 10 aromatic rings. The van der Waals surface area contributed by atoms with E-state index in [1.807, 2.05) is 82.1 Å². The van der Waals surface area contributed by atoms with Gasteiger partial charge in [0.15, 0.2) is 0 Å². The zero-order valence-electron chi connectivity index (χ0n) is 47.8. The van der Waals surface area contributed by atoms with Crippen molar-refractivity contribution in [1.82, 2.24) is 14.1 Å². The molecule has 0 aliphatic rings. The van der Waals surface area contributed by atoms with Gasteiger partial charge in [0.25, 0.3) is 6.33 Å². The van der Waals surface area contributed by atoms with Crippen LogP contribution in [0, 0.1) is 23.9 Å². The van der Waals surface area contributed by atoms with Gasteiger partial charge in [-0.3, -0.25) is 4.57 Å². The molecule has 5 nitrogen and oxygen atoms in total. The van der Waals surface area contributed by atoms with Gasteiger partial charge < -0.3 is 13.9 Å². The molecule has 10 rings (SSSR count). The Bertz CT molecular complexity index is 3840. The summed E-state index contributed by atoms with van der Waals surface area (Å²) in [5.74, 6) is 1.80. The molecule has 3 aromatic heterocycles. The maximum Gasteiger partial charge on any atom is 0.268 e. The molecule has 362 valence electrons. The molecule has 3 heterocycles. The maximum atomic E-state index is 9.23. The Balaban J connectivity index is 0.00000706. The van der Waals surface area contributed by atoms with Crippen LogP contribution in [0.5, 0.6) is 11.5 Å². The largest absolute Gasteiger partial charge is 0.510 e. The first kappa shape index (κ1) is 43.3. The Morgan fingerprint density at radius 3 is 1.94 bits per heavy atom. The predicted octanol–water partition coefficient (Wildman–Crippen LogP) is 16.4. The molecule has 0 unspecified atom stereocenters. The number of aromatic nitrogens is 4. The van der Waals surface area contributed by atoms with Crippen molar-refractivity contribution < 1.29 is 37.2 Å². The van der Waals surface area contributed by atoms with Crippen LogP contribution in [0.2, 0.25) is 0 Å². The molecule has 0 saturated carbocycles. The molecule has 0 saturated heterocycles. The number of hydrogen-bond donors (Lipinski definition) is 0. The van der Waals surface area contributed by atoms with Gasteiger partial charge in [0, 0.05) is 44.3 Å². The van der Waals surface area contributed by atoms with Gasteiger partial charge in [-0.1, -0.05) is 192 Å². The van der Waals surface area contributed by atoms with E-state index < -0.39 is 18.1 Å². The molecule has 0 radical (unpaired) electrons. The second-order valence-corrected chi connectivity index (χ2v) is 22.9. The number of fused-ring (bicyclic) bond motifs is 4. The number of hydrogen-bond acceptors (Lipinski definition) is 2. The van der Waals surface area contributed by atoms with Crippen molar-refractivity contribution in [1.29, 1.82) is 0 Å². The molecular formula is C65H64N4OPt-2. The van der Waals surface area contributed by atoms with Crippen molar-refractivity contribution in [3.8, 4) is 50.9 Å². The van der Waals surface area contributed by atoms with Gasteiger partial charge in [0.05, 0.1) is 23.6 Å². The summed E-state index contributed by atoms with van der Waals surface area (Å²) in [4.78, 5) is 4.92. The average molecular weight is 1120 g/mol. The van der Waals surface area contributed by atoms with Crippen LogP contribution in [0.25, 0.3) is 72.3 Å². The van der Waals surface area contributed by atoms with E-state index in [0.29, 0.717) is 28.4 Å². The quantitative estimate of drug-likeness (QED) is 0.112. The standard InChI is InChI=1S/C65H64N4O.Pt/c1-62(2,3)41-43-28-31-56-55(34-43)54-30-29-51(40-59(54)69(56)60-38-46(32-33-66-60)63(4,5)6)70-50-23-18-22-49(39-50)67-42-68(58-27-17-16-26-57(58)67)61-52(44-20-14-13-15-21-44)24-19-25-53(61)45-35-47(64(7,8)9)37-48(36-45)65(10,11)12;/h13-38H,41H2,1-12H3;/q-2;/i13D,14D,15D,20D,21D;. The first-order valence-corrected chi connectivity index (χ1v) is 24.3. The van der Waals surface area contributed by atoms with Crippen LogP contribution in [0.3, 0.4) is 0 Å². The fraction of sp³-hybridized carbons (Fsp3) is 0.262. The van der Waals surface area contributed by atoms with Crippen LogP contribution in [-0.4, -0.2) is 14.1 Å². The Hall–Kier alpha value is -6.55. The predicted molar refractivity (Wildman–Crippen MR) is 290 cm³/mol. The molecule has 7 aromatic carbocycles. The van der Waals surface area contributed by atoms with Crippen molar-refractivity contribution in [2.45, 2.75) is 106 Å². The van der Waals surface area contributed by atoms with E-state index in [4.69, 9.17) is 13.8 Å². The van der Waals surface area contributed by atoms with Crippen LogP contribution in [0.15, 0.2) is 158 Å². The SMILES string of the molecule is [2H]c1c([2H])c([2H])c(-c2cccc(-c3cc(C(C)(C)C)cc(C(C)(C)C)c3)c2-[n+]2[c-]n(-c3[c-]c(Oc4[c-]c5c(cc4)c4cc(CC(C)(C)C)ccc4n5-c4cc(C(C)(C)C)ccn4)ccc3)c3ccccc32)c([2H])c1[2H].[Pt]. The Kier molecular flexibility index (Phi) is 11.3. The summed E-state index contributed by atoms with van der Waals surface area (Å²) >= 11 is 0. The summed E-state index contributed by atoms with van der Waals surface area (Å²) in [5.41, 5.74) is 11.5. The van der Waals surface area contributed by atoms with E-state index in [1.54, 1.807) is 0 Å². The number of rotatable bonds is 8. The molecule has 0 atom stereocenters. The molecule has 0 N–H and O–H groups in total. The fourth-order valence-corrected chi connectivity index (χ4v) is 9.40. The first-order valence-electron chi connectivity index (χ1n) is 26.8. The Morgan fingerprint density at radius 1 is 0.592 bits per heavy atom. The van der Waals surface area contributed by atoms with Crippen molar-refractivity contribution in [2.75, 3.05) is 0 Å². The molecule has 71 heavy (non-hydrogen) atoms.